The zero-order valence-corrected chi connectivity index (χ0v) is 11.9. The van der Waals surface area contributed by atoms with Crippen LogP contribution in [0, 0.1) is 16.2 Å². The van der Waals surface area contributed by atoms with Crippen molar-refractivity contribution in [3.05, 3.63) is 0 Å². The van der Waals surface area contributed by atoms with Crippen LogP contribution in [0.1, 0.15) is 68.2 Å². The molecule has 1 N–H and O–H groups in total. The molecule has 0 aliphatic rings. The third-order valence-corrected chi connectivity index (χ3v) is 4.47. The minimum Gasteiger partial charge on any atom is -0.393 e. The molecule has 0 aromatic rings. The SMILES string of the molecule is CCC(C)(C)CC(O)C(C)(C)C(C)(C)C. The fraction of sp³-hybridized carbons (Fsp3) is 1.00. The summed E-state index contributed by atoms with van der Waals surface area (Å²) in [5.74, 6) is 0. The van der Waals surface area contributed by atoms with Gasteiger partial charge in [-0.15, -0.1) is 0 Å². The Hall–Kier alpha value is -0.0400. The van der Waals surface area contributed by atoms with Crippen molar-refractivity contribution in [1.82, 2.24) is 0 Å². The first kappa shape index (κ1) is 15.0. The van der Waals surface area contributed by atoms with Gasteiger partial charge in [0.15, 0.2) is 0 Å². The quantitative estimate of drug-likeness (QED) is 0.742. The lowest BCUT2D eigenvalue weighted by Crippen LogP contribution is -2.42. The van der Waals surface area contributed by atoms with Crippen molar-refractivity contribution in [2.24, 2.45) is 16.2 Å². The van der Waals surface area contributed by atoms with Gasteiger partial charge < -0.3 is 5.11 Å². The van der Waals surface area contributed by atoms with Crippen molar-refractivity contribution >= 4 is 0 Å². The van der Waals surface area contributed by atoms with Crippen LogP contribution in [0.2, 0.25) is 0 Å². The maximum absolute atomic E-state index is 10.4. The molecule has 92 valence electrons. The zero-order valence-electron chi connectivity index (χ0n) is 11.9. The van der Waals surface area contributed by atoms with E-state index in [0.29, 0.717) is 0 Å². The molecular weight excluding hydrogens is 184 g/mol. The third kappa shape index (κ3) is 3.79. The van der Waals surface area contributed by atoms with Gasteiger partial charge in [0.05, 0.1) is 6.10 Å². The highest BCUT2D eigenvalue weighted by Gasteiger charge is 2.40. The number of hydrogen-bond acceptors (Lipinski definition) is 1. The van der Waals surface area contributed by atoms with Gasteiger partial charge in [-0.1, -0.05) is 61.8 Å². The van der Waals surface area contributed by atoms with Crippen LogP contribution in [0.5, 0.6) is 0 Å². The van der Waals surface area contributed by atoms with Crippen LogP contribution in [-0.4, -0.2) is 11.2 Å². The topological polar surface area (TPSA) is 20.2 Å². The van der Waals surface area contributed by atoms with Gasteiger partial charge in [0.2, 0.25) is 0 Å². The Morgan fingerprint density at radius 2 is 1.33 bits per heavy atom. The molecule has 0 aliphatic heterocycles. The van der Waals surface area contributed by atoms with Crippen LogP contribution in [0.25, 0.3) is 0 Å². The van der Waals surface area contributed by atoms with Crippen LogP contribution in [0.3, 0.4) is 0 Å². The number of rotatable bonds is 4. The van der Waals surface area contributed by atoms with E-state index in [0.717, 1.165) is 12.8 Å². The molecule has 0 rings (SSSR count). The molecule has 0 bridgehead atoms. The van der Waals surface area contributed by atoms with E-state index >= 15 is 0 Å². The Bertz CT molecular complexity index is 196. The summed E-state index contributed by atoms with van der Waals surface area (Å²) in [7, 11) is 0. The predicted octanol–water partition coefficient (Wildman–Crippen LogP) is 4.25. The summed E-state index contributed by atoms with van der Waals surface area (Å²) in [6.45, 7) is 17.6. The lowest BCUT2D eigenvalue weighted by Gasteiger charge is -2.44. The maximum atomic E-state index is 10.4. The summed E-state index contributed by atoms with van der Waals surface area (Å²) in [5.41, 5.74) is 0.331. The van der Waals surface area contributed by atoms with E-state index in [1.807, 2.05) is 0 Å². The first-order valence-electron chi connectivity index (χ1n) is 6.12. The second-order valence-corrected chi connectivity index (χ2v) is 7.21. The number of hydrogen-bond donors (Lipinski definition) is 1. The molecule has 0 aliphatic carbocycles. The highest BCUT2D eigenvalue weighted by Crippen LogP contribution is 2.44. The maximum Gasteiger partial charge on any atom is 0.0601 e. The van der Waals surface area contributed by atoms with E-state index in [1.165, 1.54) is 0 Å². The Kier molecular flexibility index (Phi) is 4.44. The molecule has 0 radical (unpaired) electrons. The zero-order chi connectivity index (χ0) is 12.5. The van der Waals surface area contributed by atoms with E-state index in [-0.39, 0.29) is 22.3 Å². The van der Waals surface area contributed by atoms with Gasteiger partial charge in [0, 0.05) is 0 Å². The Labute approximate surface area is 96.3 Å². The fourth-order valence-corrected chi connectivity index (χ4v) is 1.42. The second-order valence-electron chi connectivity index (χ2n) is 7.21. The smallest absolute Gasteiger partial charge is 0.0601 e. The highest BCUT2D eigenvalue weighted by atomic mass is 16.3. The van der Waals surface area contributed by atoms with Crippen LogP contribution < -0.4 is 0 Å². The summed E-state index contributed by atoms with van der Waals surface area (Å²) in [6, 6.07) is 0. The van der Waals surface area contributed by atoms with Crippen LogP contribution in [0.4, 0.5) is 0 Å². The first-order valence-corrected chi connectivity index (χ1v) is 6.12. The van der Waals surface area contributed by atoms with Crippen LogP contribution in [-0.2, 0) is 0 Å². The van der Waals surface area contributed by atoms with Gasteiger partial charge in [0.25, 0.3) is 0 Å². The van der Waals surface area contributed by atoms with E-state index in [2.05, 4.69) is 55.4 Å². The fourth-order valence-electron chi connectivity index (χ4n) is 1.42. The molecule has 0 aromatic heterocycles. The Morgan fingerprint density at radius 3 is 1.60 bits per heavy atom. The molecule has 0 heterocycles. The van der Waals surface area contributed by atoms with Crippen molar-refractivity contribution in [1.29, 1.82) is 0 Å². The molecular formula is C14H30O. The lowest BCUT2D eigenvalue weighted by atomic mass is 9.63. The summed E-state index contributed by atoms with van der Waals surface area (Å²) >= 11 is 0. The monoisotopic (exact) mass is 214 g/mol. The Morgan fingerprint density at radius 1 is 0.933 bits per heavy atom. The molecule has 1 heteroatoms. The van der Waals surface area contributed by atoms with Crippen molar-refractivity contribution in [3.8, 4) is 0 Å². The van der Waals surface area contributed by atoms with E-state index in [9.17, 15) is 5.11 Å². The van der Waals surface area contributed by atoms with Gasteiger partial charge in [-0.3, -0.25) is 0 Å². The summed E-state index contributed by atoms with van der Waals surface area (Å²) < 4.78 is 0. The third-order valence-electron chi connectivity index (χ3n) is 4.47. The second kappa shape index (κ2) is 4.45. The van der Waals surface area contributed by atoms with E-state index in [1.54, 1.807) is 0 Å². The standard InChI is InChI=1S/C14H30O/c1-9-13(5,6)10-11(15)14(7,8)12(2,3)4/h11,15H,9-10H2,1-8H3. The van der Waals surface area contributed by atoms with Gasteiger partial charge in [-0.2, -0.15) is 0 Å². The van der Waals surface area contributed by atoms with Gasteiger partial charge >= 0.3 is 0 Å². The normalized spacial score (nSPS) is 16.6. The minimum absolute atomic E-state index is 0.0422. The van der Waals surface area contributed by atoms with Crippen molar-refractivity contribution in [3.63, 3.8) is 0 Å². The van der Waals surface area contributed by atoms with Crippen molar-refractivity contribution in [2.45, 2.75) is 74.3 Å². The molecule has 0 saturated carbocycles. The average molecular weight is 214 g/mol. The number of aliphatic hydroxyl groups excluding tert-OH is 1. The Balaban J connectivity index is 4.65. The highest BCUT2D eigenvalue weighted by molar-refractivity contribution is 4.90. The molecule has 1 unspecified atom stereocenters. The van der Waals surface area contributed by atoms with Gasteiger partial charge in [-0.25, -0.2) is 0 Å². The molecule has 0 fully saturated rings. The molecule has 1 atom stereocenters. The summed E-state index contributed by atoms with van der Waals surface area (Å²) in [5, 5.41) is 10.4. The molecule has 15 heavy (non-hydrogen) atoms. The summed E-state index contributed by atoms with van der Waals surface area (Å²) in [6.07, 6.45) is 1.77. The van der Waals surface area contributed by atoms with E-state index in [4.69, 9.17) is 0 Å². The molecule has 0 saturated heterocycles. The predicted molar refractivity (Wildman–Crippen MR) is 67.9 cm³/mol. The van der Waals surface area contributed by atoms with Gasteiger partial charge in [-0.05, 0) is 22.7 Å². The average Bonchev–Trinajstić information content (AvgIpc) is 2.01. The summed E-state index contributed by atoms with van der Waals surface area (Å²) in [4.78, 5) is 0. The van der Waals surface area contributed by atoms with Crippen molar-refractivity contribution < 1.29 is 5.11 Å². The van der Waals surface area contributed by atoms with Crippen LogP contribution in [0.15, 0.2) is 0 Å². The molecule has 0 aromatic carbocycles. The largest absolute Gasteiger partial charge is 0.393 e. The van der Waals surface area contributed by atoms with Crippen LogP contribution >= 0.6 is 0 Å². The number of aliphatic hydroxyl groups is 1. The van der Waals surface area contributed by atoms with Crippen molar-refractivity contribution in [2.75, 3.05) is 0 Å². The van der Waals surface area contributed by atoms with Gasteiger partial charge in [0.1, 0.15) is 0 Å². The minimum atomic E-state index is -0.229. The first-order chi connectivity index (χ1) is 6.44. The lowest BCUT2D eigenvalue weighted by molar-refractivity contribution is -0.0497. The molecule has 0 spiro atoms. The molecule has 1 nitrogen and oxygen atoms in total. The molecule has 0 amide bonds. The van der Waals surface area contributed by atoms with E-state index < -0.39 is 0 Å².